The van der Waals surface area contributed by atoms with Crippen molar-refractivity contribution >= 4 is 23.3 Å². The zero-order chi connectivity index (χ0) is 28.7. The van der Waals surface area contributed by atoms with Crippen molar-refractivity contribution in [3.8, 4) is 0 Å². The number of amidine groups is 4. The number of hydrogen-bond donors (Lipinski definition) is 4. The predicted molar refractivity (Wildman–Crippen MR) is 158 cm³/mol. The van der Waals surface area contributed by atoms with Gasteiger partial charge in [0.1, 0.15) is 23.3 Å². The van der Waals surface area contributed by atoms with Gasteiger partial charge in [0.2, 0.25) is 0 Å². The molecular formula is C24H32Ag2N10O8. The summed E-state index contributed by atoms with van der Waals surface area (Å²) < 4.78 is 0. The molecule has 0 saturated carbocycles. The van der Waals surface area contributed by atoms with Gasteiger partial charge in [-0.25, -0.2) is 0 Å². The Morgan fingerprint density at radius 3 is 0.727 bits per heavy atom. The van der Waals surface area contributed by atoms with E-state index in [1.807, 2.05) is 0 Å². The third kappa shape index (κ3) is 14.5. The van der Waals surface area contributed by atoms with Crippen molar-refractivity contribution < 1.29 is 65.9 Å². The minimum absolute atomic E-state index is 0. The van der Waals surface area contributed by atoms with Gasteiger partial charge in [0.25, 0.3) is 0 Å². The van der Waals surface area contributed by atoms with Crippen molar-refractivity contribution in [2.75, 3.05) is 52.4 Å². The van der Waals surface area contributed by atoms with Crippen LogP contribution in [0.3, 0.4) is 0 Å². The zero-order valence-corrected chi connectivity index (χ0v) is 26.0. The molecule has 2 aromatic rings. The van der Waals surface area contributed by atoms with Crippen LogP contribution in [0.5, 0.6) is 0 Å². The first-order valence-corrected chi connectivity index (χ1v) is 12.3. The average molecular weight is 804 g/mol. The summed E-state index contributed by atoms with van der Waals surface area (Å²) >= 11 is 0. The van der Waals surface area contributed by atoms with Gasteiger partial charge in [-0.3, -0.25) is 20.0 Å². The van der Waals surface area contributed by atoms with E-state index in [9.17, 15) is 0 Å². The molecule has 0 fully saturated rings. The van der Waals surface area contributed by atoms with E-state index >= 15 is 0 Å². The quantitative estimate of drug-likeness (QED) is 0.160. The second-order valence-corrected chi connectivity index (χ2v) is 8.23. The Balaban J connectivity index is 0. The van der Waals surface area contributed by atoms with Crippen LogP contribution in [0.1, 0.15) is 22.3 Å². The molecule has 18 nitrogen and oxygen atoms in total. The smallest absolute Gasteiger partial charge is 0.412 e. The topological polar surface area (TPSA) is 293 Å². The van der Waals surface area contributed by atoms with E-state index in [4.69, 9.17) is 30.6 Å². The van der Waals surface area contributed by atoms with Crippen molar-refractivity contribution in [3.05, 3.63) is 101 Å². The minimum Gasteiger partial charge on any atom is -0.412 e. The molecular weight excluding hydrogens is 772 g/mol. The van der Waals surface area contributed by atoms with Crippen LogP contribution in [0.15, 0.2) is 68.5 Å². The van der Waals surface area contributed by atoms with Gasteiger partial charge in [-0.1, -0.05) is 48.5 Å². The fraction of sp³-hybridized carbons (Fsp3) is 0.333. The Morgan fingerprint density at radius 1 is 0.455 bits per heavy atom. The van der Waals surface area contributed by atoms with Crippen LogP contribution in [0.4, 0.5) is 0 Å². The zero-order valence-electron chi connectivity index (χ0n) is 23.0. The van der Waals surface area contributed by atoms with E-state index in [0.29, 0.717) is 0 Å². The summed E-state index contributed by atoms with van der Waals surface area (Å²) in [6, 6.07) is 16.7. The third-order valence-corrected chi connectivity index (χ3v) is 5.56. The summed E-state index contributed by atoms with van der Waals surface area (Å²) in [5.74, 6) is 4.03. The first kappa shape index (κ1) is 42.3. The van der Waals surface area contributed by atoms with Gasteiger partial charge in [-0.15, -0.1) is 0 Å². The summed E-state index contributed by atoms with van der Waals surface area (Å²) in [7, 11) is 0. The average Bonchev–Trinajstić information content (AvgIpc) is 3.77. The molecule has 4 aliphatic heterocycles. The maximum absolute atomic E-state index is 8.25. The standard InChI is InChI=1S/2C12H14N4.2Ag.2NO3.2H2O/c2*1-2-10(12-15-7-8-16-12)4-3-9(1)11-13-5-6-14-11;;;2*2-1(3)4;;/h2*1-4H,5-8H2,(H,13,14)(H,15,16);;;;;2*1H2/q;;2*+1;2*-1;;. The van der Waals surface area contributed by atoms with Gasteiger partial charge in [0, 0.05) is 48.4 Å². The molecule has 44 heavy (non-hydrogen) atoms. The number of nitrogens with zero attached hydrogens (tertiary/aromatic N) is 6. The molecule has 0 unspecified atom stereocenters. The van der Waals surface area contributed by atoms with Crippen LogP contribution < -0.4 is 21.3 Å². The first-order chi connectivity index (χ1) is 19.3. The molecule has 0 spiro atoms. The number of aliphatic imine (C=N–C) groups is 4. The van der Waals surface area contributed by atoms with Crippen molar-refractivity contribution in [3.63, 3.8) is 0 Å². The van der Waals surface area contributed by atoms with E-state index in [1.54, 1.807) is 0 Å². The SMILES string of the molecule is O.O.O=[N+]([O-])[O-].O=[N+]([O-])[O-].[Ag+].[Ag+].c1cc(C2=NCCN2)ccc1C1=NCCN1.c1cc(C2=NCCN2)ccc1C1=NCCN1. The van der Waals surface area contributed by atoms with Gasteiger partial charge < -0.3 is 62.9 Å². The second-order valence-electron chi connectivity index (χ2n) is 8.23. The number of benzene rings is 2. The van der Waals surface area contributed by atoms with Crippen molar-refractivity contribution in [1.29, 1.82) is 0 Å². The molecule has 0 amide bonds. The predicted octanol–water partition coefficient (Wildman–Crippen LogP) is -1.36. The van der Waals surface area contributed by atoms with Crippen LogP contribution in [-0.4, -0.2) is 96.8 Å². The van der Waals surface area contributed by atoms with Gasteiger partial charge in [-0.05, 0) is 0 Å². The Hall–Kier alpha value is -3.88. The van der Waals surface area contributed by atoms with Crippen LogP contribution in [0, 0.1) is 30.6 Å². The summed E-state index contributed by atoms with van der Waals surface area (Å²) in [6.45, 7) is 7.32. The number of nitrogens with one attached hydrogen (secondary N) is 4. The fourth-order valence-corrected chi connectivity index (χ4v) is 3.94. The Labute approximate surface area is 283 Å². The molecule has 0 atom stereocenters. The Morgan fingerprint density at radius 2 is 0.614 bits per heavy atom. The van der Waals surface area contributed by atoms with E-state index in [-0.39, 0.29) is 55.7 Å². The normalized spacial score (nSPS) is 14.7. The molecule has 8 N–H and O–H groups in total. The molecule has 248 valence electrons. The third-order valence-electron chi connectivity index (χ3n) is 5.56. The van der Waals surface area contributed by atoms with Gasteiger partial charge in [0.05, 0.1) is 36.4 Å². The van der Waals surface area contributed by atoms with Gasteiger partial charge in [-0.2, -0.15) is 0 Å². The summed E-state index contributed by atoms with van der Waals surface area (Å²) in [6.07, 6.45) is 0. The molecule has 0 aromatic heterocycles. The molecule has 2 aromatic carbocycles. The van der Waals surface area contributed by atoms with Gasteiger partial charge in [0.15, 0.2) is 0 Å². The Kier molecular flexibility index (Phi) is 21.7. The maximum Gasteiger partial charge on any atom is 1.00 e. The monoisotopic (exact) mass is 802 g/mol. The maximum atomic E-state index is 8.25. The van der Waals surface area contributed by atoms with Crippen molar-refractivity contribution in [2.45, 2.75) is 0 Å². The number of hydrogen-bond acceptors (Lipinski definition) is 14. The van der Waals surface area contributed by atoms with Gasteiger partial charge >= 0.3 is 44.8 Å². The number of rotatable bonds is 4. The van der Waals surface area contributed by atoms with E-state index in [1.165, 1.54) is 0 Å². The summed E-state index contributed by atoms with van der Waals surface area (Å²) in [5, 5.41) is 42.6. The molecule has 0 bridgehead atoms. The van der Waals surface area contributed by atoms with Crippen LogP contribution in [0.25, 0.3) is 0 Å². The molecule has 4 aliphatic rings. The second kappa shape index (κ2) is 22.6. The van der Waals surface area contributed by atoms with Crippen LogP contribution in [0.2, 0.25) is 0 Å². The van der Waals surface area contributed by atoms with Crippen molar-refractivity contribution in [2.24, 2.45) is 20.0 Å². The first-order valence-electron chi connectivity index (χ1n) is 12.3. The summed E-state index contributed by atoms with van der Waals surface area (Å²) in [4.78, 5) is 34.1. The molecule has 20 heteroatoms. The van der Waals surface area contributed by atoms with Crippen LogP contribution >= 0.6 is 0 Å². The Bertz CT molecular complexity index is 1100. The minimum atomic E-state index is -1.75. The fourth-order valence-electron chi connectivity index (χ4n) is 3.94. The van der Waals surface area contributed by atoms with E-state index in [0.717, 1.165) is 98.0 Å². The molecule has 0 aliphatic carbocycles. The largest absolute Gasteiger partial charge is 1.00 e. The van der Waals surface area contributed by atoms with Crippen molar-refractivity contribution in [1.82, 2.24) is 21.3 Å². The molecule has 6 rings (SSSR count). The molecule has 0 saturated heterocycles. The van der Waals surface area contributed by atoms with Crippen LogP contribution in [-0.2, 0) is 44.8 Å². The molecule has 0 radical (unpaired) electrons. The van der Waals surface area contributed by atoms with E-state index < -0.39 is 10.2 Å². The molecule has 4 heterocycles. The van der Waals surface area contributed by atoms with E-state index in [2.05, 4.69) is 89.8 Å². The summed E-state index contributed by atoms with van der Waals surface area (Å²) in [5.41, 5.74) is 4.61.